The van der Waals surface area contributed by atoms with Crippen molar-refractivity contribution in [2.75, 3.05) is 58.9 Å². The molecule has 23 nitrogen and oxygen atoms in total. The molecule has 2 aliphatic rings. The highest BCUT2D eigenvalue weighted by Gasteiger charge is 2.51. The highest BCUT2D eigenvalue weighted by atomic mass is 16.6. The number of carboxylic acid groups (broad SMARTS) is 3. The standard InChI is InChI=1S/C26H43N3O20/c30-10(31)5-27(1-3-28(6-11(32)33)8-13(36)48-25-21(44)17(40)15(38)18(41)22(25)45)2-4-29(7-12(34)35)9-14(37)49-26-23(46)19(42)16(39)20(43)24(26)47/h15-26,38-47H,1-9H2,(H,30,31)(H,32,33)(H,34,35). The zero-order valence-electron chi connectivity index (χ0n) is 25.8. The van der Waals surface area contributed by atoms with Gasteiger partial charge in [-0.05, 0) is 0 Å². The Bertz CT molecular complexity index is 1040. The molecule has 0 bridgehead atoms. The molecule has 8 unspecified atom stereocenters. The van der Waals surface area contributed by atoms with Crippen LogP contribution in [-0.4, -0.2) is 243 Å². The van der Waals surface area contributed by atoms with E-state index >= 15 is 0 Å². The molecule has 23 heteroatoms. The SMILES string of the molecule is O=C(O)CN(CCN(CC(=O)O)CC(=O)OC1C(O)C(O)C(O)C(O)C1O)CCN(CC(=O)O)CC(=O)OC1C(O)C(O)C(O)C(O)C1O. The van der Waals surface area contributed by atoms with E-state index in [1.54, 1.807) is 0 Å². The van der Waals surface area contributed by atoms with Crippen LogP contribution in [0.4, 0.5) is 0 Å². The van der Waals surface area contributed by atoms with Crippen molar-refractivity contribution >= 4 is 29.8 Å². The Morgan fingerprint density at radius 1 is 0.367 bits per heavy atom. The highest BCUT2D eigenvalue weighted by Crippen LogP contribution is 2.25. The maximum atomic E-state index is 12.6. The summed E-state index contributed by atoms with van der Waals surface area (Å²) in [4.78, 5) is 62.7. The summed E-state index contributed by atoms with van der Waals surface area (Å²) in [6, 6.07) is 0. The number of hydrogen-bond donors (Lipinski definition) is 13. The third-order valence-corrected chi connectivity index (χ3v) is 7.93. The van der Waals surface area contributed by atoms with Crippen molar-refractivity contribution in [2.24, 2.45) is 0 Å². The Morgan fingerprint density at radius 3 is 0.857 bits per heavy atom. The minimum Gasteiger partial charge on any atom is -0.480 e. The van der Waals surface area contributed by atoms with Crippen molar-refractivity contribution in [3.63, 3.8) is 0 Å². The van der Waals surface area contributed by atoms with Crippen LogP contribution in [0.5, 0.6) is 0 Å². The number of carbonyl (C=O) groups is 5. The molecule has 282 valence electrons. The molecule has 2 aliphatic carbocycles. The lowest BCUT2D eigenvalue weighted by Gasteiger charge is -2.41. The Labute approximate surface area is 276 Å². The van der Waals surface area contributed by atoms with Crippen molar-refractivity contribution in [3.8, 4) is 0 Å². The van der Waals surface area contributed by atoms with Gasteiger partial charge in [-0.2, -0.15) is 0 Å². The summed E-state index contributed by atoms with van der Waals surface area (Å²) >= 11 is 0. The Hall–Kier alpha value is -3.17. The van der Waals surface area contributed by atoms with Gasteiger partial charge in [0.05, 0.1) is 32.7 Å². The smallest absolute Gasteiger partial charge is 0.320 e. The van der Waals surface area contributed by atoms with Gasteiger partial charge in [-0.1, -0.05) is 0 Å². The molecule has 0 aromatic heterocycles. The monoisotopic (exact) mass is 717 g/mol. The molecule has 0 radical (unpaired) electrons. The molecule has 0 aliphatic heterocycles. The molecule has 13 N–H and O–H groups in total. The molecule has 0 heterocycles. The van der Waals surface area contributed by atoms with Crippen LogP contribution in [0.15, 0.2) is 0 Å². The Balaban J connectivity index is 2.05. The second-order valence-corrected chi connectivity index (χ2v) is 11.7. The number of aliphatic hydroxyl groups is 10. The average Bonchev–Trinajstić information content (AvgIpc) is 3.01. The number of ether oxygens (including phenoxy) is 2. The Morgan fingerprint density at radius 2 is 0.592 bits per heavy atom. The summed E-state index contributed by atoms with van der Waals surface area (Å²) in [5.41, 5.74) is 0. The van der Waals surface area contributed by atoms with Gasteiger partial charge in [0.2, 0.25) is 0 Å². The van der Waals surface area contributed by atoms with Crippen LogP contribution in [0.3, 0.4) is 0 Å². The van der Waals surface area contributed by atoms with E-state index in [0.717, 1.165) is 9.80 Å². The van der Waals surface area contributed by atoms with Crippen LogP contribution < -0.4 is 0 Å². The van der Waals surface area contributed by atoms with Gasteiger partial charge in [0.1, 0.15) is 61.0 Å². The number of nitrogens with zero attached hydrogens (tertiary/aromatic N) is 3. The molecule has 2 rings (SSSR count). The number of hydrogen-bond acceptors (Lipinski definition) is 20. The molecule has 0 aromatic rings. The van der Waals surface area contributed by atoms with Crippen LogP contribution in [-0.2, 0) is 33.4 Å². The first-order valence-corrected chi connectivity index (χ1v) is 14.8. The van der Waals surface area contributed by atoms with E-state index in [0.29, 0.717) is 0 Å². The van der Waals surface area contributed by atoms with E-state index in [1.165, 1.54) is 4.90 Å². The number of esters is 2. The summed E-state index contributed by atoms with van der Waals surface area (Å²) in [7, 11) is 0. The van der Waals surface area contributed by atoms with E-state index in [2.05, 4.69) is 0 Å². The van der Waals surface area contributed by atoms with Gasteiger partial charge in [-0.15, -0.1) is 0 Å². The highest BCUT2D eigenvalue weighted by molar-refractivity contribution is 5.75. The minimum absolute atomic E-state index is 0.269. The van der Waals surface area contributed by atoms with Crippen molar-refractivity contribution in [1.82, 2.24) is 14.7 Å². The van der Waals surface area contributed by atoms with Crippen LogP contribution in [0.1, 0.15) is 0 Å². The van der Waals surface area contributed by atoms with Crippen LogP contribution in [0.25, 0.3) is 0 Å². The lowest BCUT2D eigenvalue weighted by Crippen LogP contribution is -2.64. The largest absolute Gasteiger partial charge is 0.480 e. The zero-order valence-corrected chi connectivity index (χ0v) is 25.8. The van der Waals surface area contributed by atoms with Crippen molar-refractivity contribution in [3.05, 3.63) is 0 Å². The maximum absolute atomic E-state index is 12.6. The summed E-state index contributed by atoms with van der Waals surface area (Å²) < 4.78 is 9.87. The fourth-order valence-corrected chi connectivity index (χ4v) is 5.25. The van der Waals surface area contributed by atoms with E-state index in [-0.39, 0.29) is 26.2 Å². The normalized spacial score (nSPS) is 33.4. The summed E-state index contributed by atoms with van der Waals surface area (Å²) in [5, 5.41) is 127. The number of aliphatic carboxylic acids is 3. The first-order chi connectivity index (χ1) is 22.7. The molecule has 0 spiro atoms. The number of carbonyl (C=O) groups excluding carboxylic acids is 2. The van der Waals surface area contributed by atoms with Gasteiger partial charge >= 0.3 is 29.8 Å². The molecular formula is C26H43N3O20. The molecule has 0 saturated heterocycles. The summed E-state index contributed by atoms with van der Waals surface area (Å²) in [6.45, 7) is -5.11. The second kappa shape index (κ2) is 18.7. The van der Waals surface area contributed by atoms with Gasteiger partial charge in [0.25, 0.3) is 0 Å². The summed E-state index contributed by atoms with van der Waals surface area (Å²) in [5.74, 6) is -6.71. The molecule has 2 fully saturated rings. The predicted octanol–water partition coefficient (Wildman–Crippen LogP) is -9.39. The van der Waals surface area contributed by atoms with Gasteiger partial charge < -0.3 is 75.9 Å². The number of rotatable bonds is 18. The predicted molar refractivity (Wildman–Crippen MR) is 152 cm³/mol. The van der Waals surface area contributed by atoms with E-state index < -0.39 is 136 Å². The van der Waals surface area contributed by atoms with E-state index in [9.17, 15) is 90.4 Å². The van der Waals surface area contributed by atoms with Crippen molar-refractivity contribution in [1.29, 1.82) is 0 Å². The topological polar surface area (TPSA) is 377 Å². The van der Waals surface area contributed by atoms with Gasteiger partial charge in [0, 0.05) is 26.2 Å². The summed E-state index contributed by atoms with van der Waals surface area (Å²) in [6.07, 6.45) is -23.8. The molecule has 2 saturated carbocycles. The van der Waals surface area contributed by atoms with E-state index in [4.69, 9.17) is 9.47 Å². The zero-order chi connectivity index (χ0) is 37.3. The molecule has 8 atom stereocenters. The quantitative estimate of drug-likeness (QED) is 0.0585. The third kappa shape index (κ3) is 12.0. The fourth-order valence-electron chi connectivity index (χ4n) is 5.25. The second-order valence-electron chi connectivity index (χ2n) is 11.7. The van der Waals surface area contributed by atoms with Crippen molar-refractivity contribution < 1.29 is 99.8 Å². The van der Waals surface area contributed by atoms with Gasteiger partial charge in [-0.25, -0.2) is 0 Å². The van der Waals surface area contributed by atoms with Crippen LogP contribution >= 0.6 is 0 Å². The van der Waals surface area contributed by atoms with Crippen LogP contribution in [0, 0.1) is 0 Å². The lowest BCUT2D eigenvalue weighted by molar-refractivity contribution is -0.233. The van der Waals surface area contributed by atoms with Crippen LogP contribution in [0.2, 0.25) is 0 Å². The fraction of sp³-hybridized carbons (Fsp3) is 0.808. The molecule has 0 amide bonds. The lowest BCUT2D eigenvalue weighted by atomic mass is 9.85. The minimum atomic E-state index is -2.02. The molecule has 0 aromatic carbocycles. The van der Waals surface area contributed by atoms with Crippen molar-refractivity contribution in [2.45, 2.75) is 73.2 Å². The molecular weight excluding hydrogens is 674 g/mol. The maximum Gasteiger partial charge on any atom is 0.320 e. The Kier molecular flexibility index (Phi) is 16.0. The first-order valence-electron chi connectivity index (χ1n) is 14.8. The third-order valence-electron chi connectivity index (χ3n) is 7.93. The van der Waals surface area contributed by atoms with Gasteiger partial charge in [-0.3, -0.25) is 38.7 Å². The van der Waals surface area contributed by atoms with E-state index in [1.807, 2.05) is 0 Å². The number of carboxylic acids is 3. The molecule has 49 heavy (non-hydrogen) atoms. The first kappa shape index (κ1) is 42.0. The average molecular weight is 718 g/mol. The van der Waals surface area contributed by atoms with Gasteiger partial charge in [0.15, 0.2) is 12.2 Å². The number of aliphatic hydroxyl groups excluding tert-OH is 10.